The summed E-state index contributed by atoms with van der Waals surface area (Å²) in [5, 5.41) is 12.2. The van der Waals surface area contributed by atoms with Gasteiger partial charge in [-0.15, -0.1) is 0 Å². The van der Waals surface area contributed by atoms with E-state index in [1.54, 1.807) is 6.07 Å². The van der Waals surface area contributed by atoms with E-state index in [2.05, 4.69) is 4.98 Å². The Labute approximate surface area is 90.1 Å². The van der Waals surface area contributed by atoms with Crippen LogP contribution in [0.5, 0.6) is 0 Å². The minimum Gasteiger partial charge on any atom is -0.335 e. The van der Waals surface area contributed by atoms with Crippen molar-refractivity contribution in [3.63, 3.8) is 0 Å². The average Bonchev–Trinajstić information content (AvgIpc) is 2.28. The van der Waals surface area contributed by atoms with Gasteiger partial charge in [0.05, 0.1) is 18.0 Å². The number of hydrogen-bond acceptors (Lipinski definition) is 4. The standard InChI is InChI=1S/C9H7FN4O2/c10-6-5-12-3-1-7(6)14-9(16)8(15)13-4-2-11/h1,3,5H,4H2,(H,13,15)(H,12,14,16). The molecule has 1 heterocycles. The molecular formula is C9H7FN4O2. The Bertz CT molecular complexity index is 455. The van der Waals surface area contributed by atoms with Gasteiger partial charge >= 0.3 is 11.8 Å². The summed E-state index contributed by atoms with van der Waals surface area (Å²) in [6.45, 7) is -0.287. The number of anilines is 1. The maximum Gasteiger partial charge on any atom is 0.313 e. The van der Waals surface area contributed by atoms with Crippen LogP contribution in [0.25, 0.3) is 0 Å². The average molecular weight is 222 g/mol. The van der Waals surface area contributed by atoms with E-state index in [1.807, 2.05) is 10.6 Å². The number of hydrogen-bond donors (Lipinski definition) is 2. The first kappa shape index (κ1) is 11.6. The van der Waals surface area contributed by atoms with Crippen LogP contribution in [0, 0.1) is 17.1 Å². The van der Waals surface area contributed by atoms with Crippen molar-refractivity contribution in [1.82, 2.24) is 10.3 Å². The van der Waals surface area contributed by atoms with E-state index >= 15 is 0 Å². The fraction of sp³-hybridized carbons (Fsp3) is 0.111. The highest BCUT2D eigenvalue weighted by atomic mass is 19.1. The first-order valence-corrected chi connectivity index (χ1v) is 4.21. The van der Waals surface area contributed by atoms with Crippen molar-refractivity contribution in [1.29, 1.82) is 5.26 Å². The lowest BCUT2D eigenvalue weighted by molar-refractivity contribution is -0.136. The zero-order valence-corrected chi connectivity index (χ0v) is 8.03. The molecule has 0 unspecified atom stereocenters. The number of halogens is 1. The number of carbonyl (C=O) groups is 2. The van der Waals surface area contributed by atoms with Gasteiger partial charge in [-0.25, -0.2) is 4.39 Å². The third-order valence-corrected chi connectivity index (χ3v) is 1.55. The van der Waals surface area contributed by atoms with E-state index in [-0.39, 0.29) is 12.2 Å². The zero-order chi connectivity index (χ0) is 12.0. The highest BCUT2D eigenvalue weighted by molar-refractivity contribution is 6.39. The number of carbonyl (C=O) groups excluding carboxylic acids is 2. The fourth-order valence-electron chi connectivity index (χ4n) is 0.856. The molecule has 0 saturated heterocycles. The number of rotatable bonds is 2. The van der Waals surface area contributed by atoms with Crippen molar-refractivity contribution in [2.24, 2.45) is 0 Å². The lowest BCUT2D eigenvalue weighted by Crippen LogP contribution is -2.35. The van der Waals surface area contributed by atoms with Gasteiger partial charge in [-0.05, 0) is 6.07 Å². The highest BCUT2D eigenvalue weighted by Crippen LogP contribution is 2.10. The first-order valence-electron chi connectivity index (χ1n) is 4.21. The molecule has 1 rings (SSSR count). The molecule has 0 aliphatic carbocycles. The molecule has 6 nitrogen and oxygen atoms in total. The number of amides is 2. The predicted octanol–water partition coefficient (Wildman–Crippen LogP) is -0.201. The van der Waals surface area contributed by atoms with Crippen LogP contribution < -0.4 is 10.6 Å². The van der Waals surface area contributed by atoms with E-state index in [1.165, 1.54) is 12.3 Å². The molecule has 0 aromatic carbocycles. The lowest BCUT2D eigenvalue weighted by atomic mass is 10.4. The minimum absolute atomic E-state index is 0.146. The molecule has 7 heteroatoms. The summed E-state index contributed by atoms with van der Waals surface area (Å²) < 4.78 is 13.0. The first-order chi connectivity index (χ1) is 7.65. The summed E-state index contributed by atoms with van der Waals surface area (Å²) in [5.74, 6) is -2.79. The molecule has 0 radical (unpaired) electrons. The second-order valence-electron chi connectivity index (χ2n) is 2.65. The Balaban J connectivity index is 2.62. The number of nitrogens with zero attached hydrogens (tertiary/aromatic N) is 2. The van der Waals surface area contributed by atoms with Crippen LogP contribution in [0.15, 0.2) is 18.5 Å². The molecule has 0 spiro atoms. The van der Waals surface area contributed by atoms with Crippen molar-refractivity contribution in [2.75, 3.05) is 11.9 Å². The Hall–Kier alpha value is -2.49. The maximum atomic E-state index is 13.0. The molecule has 82 valence electrons. The van der Waals surface area contributed by atoms with Gasteiger partial charge in [-0.2, -0.15) is 5.26 Å². The molecule has 2 amide bonds. The predicted molar refractivity (Wildman–Crippen MR) is 51.4 cm³/mol. The van der Waals surface area contributed by atoms with Crippen molar-refractivity contribution in [3.8, 4) is 6.07 Å². The molecule has 2 N–H and O–H groups in total. The van der Waals surface area contributed by atoms with Crippen molar-refractivity contribution in [3.05, 3.63) is 24.3 Å². The van der Waals surface area contributed by atoms with Crippen molar-refractivity contribution < 1.29 is 14.0 Å². The Morgan fingerprint density at radius 1 is 1.50 bits per heavy atom. The second-order valence-corrected chi connectivity index (χ2v) is 2.65. The normalized spacial score (nSPS) is 9.00. The monoisotopic (exact) mass is 222 g/mol. The Morgan fingerprint density at radius 2 is 2.25 bits per heavy atom. The van der Waals surface area contributed by atoms with Crippen LogP contribution >= 0.6 is 0 Å². The van der Waals surface area contributed by atoms with Crippen LogP contribution in [-0.4, -0.2) is 23.3 Å². The molecule has 1 aromatic rings. The summed E-state index contributed by atoms with van der Waals surface area (Å²) in [7, 11) is 0. The summed E-state index contributed by atoms with van der Waals surface area (Å²) in [5.41, 5.74) is -0.146. The van der Waals surface area contributed by atoms with Crippen LogP contribution in [0.2, 0.25) is 0 Å². The molecule has 16 heavy (non-hydrogen) atoms. The van der Waals surface area contributed by atoms with Gasteiger partial charge in [0.1, 0.15) is 6.54 Å². The van der Waals surface area contributed by atoms with Crippen LogP contribution in [-0.2, 0) is 9.59 Å². The second kappa shape index (κ2) is 5.41. The van der Waals surface area contributed by atoms with Crippen LogP contribution in [0.4, 0.5) is 10.1 Å². The molecule has 1 aromatic heterocycles. The van der Waals surface area contributed by atoms with E-state index in [0.29, 0.717) is 0 Å². The molecule has 0 saturated carbocycles. The number of aromatic nitrogens is 1. The maximum absolute atomic E-state index is 13.0. The fourth-order valence-corrected chi connectivity index (χ4v) is 0.856. The molecule has 0 bridgehead atoms. The largest absolute Gasteiger partial charge is 0.335 e. The zero-order valence-electron chi connectivity index (χ0n) is 8.03. The SMILES string of the molecule is N#CCNC(=O)C(=O)Nc1ccncc1F. The third-order valence-electron chi connectivity index (χ3n) is 1.55. The Morgan fingerprint density at radius 3 is 2.88 bits per heavy atom. The molecule has 0 aliphatic rings. The van der Waals surface area contributed by atoms with E-state index in [0.717, 1.165) is 6.20 Å². The number of nitrogens with one attached hydrogen (secondary N) is 2. The van der Waals surface area contributed by atoms with Crippen LogP contribution in [0.1, 0.15) is 0 Å². The summed E-state index contributed by atoms with van der Waals surface area (Å²) in [4.78, 5) is 25.6. The number of pyridine rings is 1. The van der Waals surface area contributed by atoms with Gasteiger partial charge in [0.25, 0.3) is 0 Å². The summed E-state index contributed by atoms with van der Waals surface area (Å²) in [6, 6.07) is 2.85. The van der Waals surface area contributed by atoms with E-state index in [4.69, 9.17) is 5.26 Å². The highest BCUT2D eigenvalue weighted by Gasteiger charge is 2.14. The molecule has 0 atom stereocenters. The van der Waals surface area contributed by atoms with Gasteiger partial charge in [0, 0.05) is 6.20 Å². The molecule has 0 aliphatic heterocycles. The topological polar surface area (TPSA) is 94.9 Å². The number of nitriles is 1. The van der Waals surface area contributed by atoms with Gasteiger partial charge in [0.15, 0.2) is 5.82 Å². The van der Waals surface area contributed by atoms with Crippen molar-refractivity contribution in [2.45, 2.75) is 0 Å². The van der Waals surface area contributed by atoms with Crippen LogP contribution in [0.3, 0.4) is 0 Å². The smallest absolute Gasteiger partial charge is 0.313 e. The minimum atomic E-state index is -1.04. The third kappa shape index (κ3) is 3.02. The summed E-state index contributed by atoms with van der Waals surface area (Å²) in [6.07, 6.45) is 2.18. The van der Waals surface area contributed by atoms with Crippen molar-refractivity contribution >= 4 is 17.5 Å². The van der Waals surface area contributed by atoms with Gasteiger partial charge < -0.3 is 10.6 Å². The van der Waals surface area contributed by atoms with E-state index in [9.17, 15) is 14.0 Å². The molecule has 0 fully saturated rings. The lowest BCUT2D eigenvalue weighted by Gasteiger charge is -2.04. The Kier molecular flexibility index (Phi) is 3.91. The van der Waals surface area contributed by atoms with E-state index < -0.39 is 17.6 Å². The van der Waals surface area contributed by atoms with Gasteiger partial charge in [-0.1, -0.05) is 0 Å². The van der Waals surface area contributed by atoms with Gasteiger partial charge in [0.2, 0.25) is 0 Å². The quantitative estimate of drug-likeness (QED) is 0.535. The summed E-state index contributed by atoms with van der Waals surface area (Å²) >= 11 is 0. The van der Waals surface area contributed by atoms with Gasteiger partial charge in [-0.3, -0.25) is 14.6 Å². The molecular weight excluding hydrogens is 215 g/mol.